The predicted molar refractivity (Wildman–Crippen MR) is 115 cm³/mol. The molecule has 0 saturated heterocycles. The van der Waals surface area contributed by atoms with Crippen LogP contribution in [0.1, 0.15) is 45.1 Å². The van der Waals surface area contributed by atoms with Crippen molar-refractivity contribution in [2.24, 2.45) is 10.9 Å². The van der Waals surface area contributed by atoms with E-state index in [2.05, 4.69) is 39.0 Å². The molecule has 150 valence electrons. The number of benzene rings is 1. The topological polar surface area (TPSA) is 54.2 Å². The van der Waals surface area contributed by atoms with Crippen LogP contribution in [0.4, 0.5) is 8.78 Å². The van der Waals surface area contributed by atoms with Gasteiger partial charge < -0.3 is 15.2 Å². The molecule has 0 aliphatic heterocycles. The molecule has 0 amide bonds. The number of guanidine groups is 1. The third kappa shape index (κ3) is 7.08. The molecule has 0 spiro atoms. The van der Waals surface area contributed by atoms with Crippen LogP contribution in [-0.4, -0.2) is 22.1 Å². The number of aromatic nitrogens is 2. The highest BCUT2D eigenvalue weighted by molar-refractivity contribution is 14.0. The van der Waals surface area contributed by atoms with Crippen LogP contribution in [-0.2, 0) is 13.1 Å². The zero-order valence-corrected chi connectivity index (χ0v) is 18.5. The van der Waals surface area contributed by atoms with E-state index in [1.807, 2.05) is 20.0 Å². The molecule has 5 nitrogen and oxygen atoms in total. The van der Waals surface area contributed by atoms with E-state index in [4.69, 9.17) is 0 Å². The molecule has 1 heterocycles. The van der Waals surface area contributed by atoms with Gasteiger partial charge in [-0.3, -0.25) is 0 Å². The molecule has 2 N–H and O–H groups in total. The second kappa shape index (κ2) is 11.2. The van der Waals surface area contributed by atoms with Crippen LogP contribution in [0.3, 0.4) is 0 Å². The van der Waals surface area contributed by atoms with Gasteiger partial charge in [0.1, 0.15) is 24.0 Å². The highest BCUT2D eigenvalue weighted by atomic mass is 127. The summed E-state index contributed by atoms with van der Waals surface area (Å²) in [5.41, 5.74) is 0.387. The van der Waals surface area contributed by atoms with Gasteiger partial charge in [0.2, 0.25) is 0 Å². The predicted octanol–water partition coefficient (Wildman–Crippen LogP) is 4.25. The Bertz CT molecular complexity index is 745. The van der Waals surface area contributed by atoms with Gasteiger partial charge in [-0.15, -0.1) is 24.0 Å². The molecule has 1 aromatic heterocycles. The van der Waals surface area contributed by atoms with Gasteiger partial charge in [0.25, 0.3) is 0 Å². The molecule has 8 heteroatoms. The lowest BCUT2D eigenvalue weighted by Crippen LogP contribution is -2.39. The second-order valence-corrected chi connectivity index (χ2v) is 6.62. The Morgan fingerprint density at radius 1 is 1.26 bits per heavy atom. The monoisotopic (exact) mass is 491 g/mol. The average Bonchev–Trinajstić information content (AvgIpc) is 2.99. The van der Waals surface area contributed by atoms with Gasteiger partial charge in [0.15, 0.2) is 5.96 Å². The minimum absolute atomic E-state index is 0. The zero-order valence-electron chi connectivity index (χ0n) is 16.2. The summed E-state index contributed by atoms with van der Waals surface area (Å²) in [5.74, 6) is 0.781. The molecule has 2 aromatic rings. The minimum Gasteiger partial charge on any atom is -0.357 e. The van der Waals surface area contributed by atoms with Crippen molar-refractivity contribution < 1.29 is 8.78 Å². The third-order valence-electron chi connectivity index (χ3n) is 3.87. The Morgan fingerprint density at radius 2 is 2.00 bits per heavy atom. The van der Waals surface area contributed by atoms with Crippen LogP contribution in [0.15, 0.2) is 35.6 Å². The van der Waals surface area contributed by atoms with E-state index in [1.54, 1.807) is 6.20 Å². The average molecular weight is 491 g/mol. The summed E-state index contributed by atoms with van der Waals surface area (Å²) in [6, 6.07) is 3.23. The molecule has 0 bridgehead atoms. The van der Waals surface area contributed by atoms with Gasteiger partial charge in [-0.05, 0) is 25.8 Å². The Kier molecular flexibility index (Phi) is 9.68. The molecule has 1 unspecified atom stereocenters. The smallest absolute Gasteiger partial charge is 0.192 e. The normalized spacial score (nSPS) is 12.6. The van der Waals surface area contributed by atoms with Crippen LogP contribution >= 0.6 is 24.0 Å². The molecule has 0 saturated carbocycles. The first-order valence-corrected chi connectivity index (χ1v) is 8.90. The highest BCUT2D eigenvalue weighted by Crippen LogP contribution is 2.17. The number of hydrogen-bond acceptors (Lipinski definition) is 2. The van der Waals surface area contributed by atoms with E-state index < -0.39 is 11.6 Å². The third-order valence-corrected chi connectivity index (χ3v) is 3.87. The molecule has 2 rings (SSSR count). The maximum atomic E-state index is 14.0. The molecule has 0 aliphatic carbocycles. The van der Waals surface area contributed by atoms with Gasteiger partial charge in [-0.25, -0.2) is 18.8 Å². The van der Waals surface area contributed by atoms with Crippen molar-refractivity contribution in [3.63, 3.8) is 0 Å². The van der Waals surface area contributed by atoms with Crippen molar-refractivity contribution in [1.82, 2.24) is 20.2 Å². The first-order valence-electron chi connectivity index (χ1n) is 8.90. The van der Waals surface area contributed by atoms with Gasteiger partial charge in [-0.2, -0.15) is 0 Å². The molecule has 0 aliphatic rings. The highest BCUT2D eigenvalue weighted by Gasteiger charge is 2.13. The maximum Gasteiger partial charge on any atom is 0.192 e. The first-order chi connectivity index (χ1) is 12.4. The van der Waals surface area contributed by atoms with Gasteiger partial charge in [0.05, 0.1) is 6.04 Å². The number of rotatable bonds is 7. The number of imidazole rings is 1. The Balaban J connectivity index is 0.00000364. The molecule has 0 radical (unpaired) electrons. The number of aliphatic imine (C=N–C) groups is 1. The van der Waals surface area contributed by atoms with E-state index in [1.165, 1.54) is 12.1 Å². The van der Waals surface area contributed by atoms with Crippen LogP contribution in [0, 0.1) is 17.6 Å². The first kappa shape index (κ1) is 23.3. The SMILES string of the molecule is CCNC(=NCc1nccn1CC(C)C)NC(C)c1ccc(F)cc1F.I. The van der Waals surface area contributed by atoms with Gasteiger partial charge in [0, 0.05) is 37.1 Å². The van der Waals surface area contributed by atoms with E-state index >= 15 is 0 Å². The number of halogens is 3. The van der Waals surface area contributed by atoms with Crippen molar-refractivity contribution in [1.29, 1.82) is 0 Å². The number of nitrogens with one attached hydrogen (secondary N) is 2. The lowest BCUT2D eigenvalue weighted by Gasteiger charge is -2.19. The van der Waals surface area contributed by atoms with Crippen LogP contribution in [0.5, 0.6) is 0 Å². The number of nitrogens with zero attached hydrogens (tertiary/aromatic N) is 3. The molecule has 1 aromatic carbocycles. The summed E-state index contributed by atoms with van der Waals surface area (Å²) < 4.78 is 29.1. The Hall–Kier alpha value is -1.71. The summed E-state index contributed by atoms with van der Waals surface area (Å²) in [6.07, 6.45) is 3.71. The quantitative estimate of drug-likeness (QED) is 0.346. The van der Waals surface area contributed by atoms with Crippen LogP contribution < -0.4 is 10.6 Å². The molecule has 27 heavy (non-hydrogen) atoms. The van der Waals surface area contributed by atoms with E-state index in [0.717, 1.165) is 18.4 Å². The largest absolute Gasteiger partial charge is 0.357 e. The van der Waals surface area contributed by atoms with Gasteiger partial charge >= 0.3 is 0 Å². The fraction of sp³-hybridized carbons (Fsp3) is 0.474. The Labute approximate surface area is 176 Å². The zero-order chi connectivity index (χ0) is 19.1. The Morgan fingerprint density at radius 3 is 2.63 bits per heavy atom. The maximum absolute atomic E-state index is 14.0. The van der Waals surface area contributed by atoms with Crippen molar-refractivity contribution in [3.05, 3.63) is 53.6 Å². The molecule has 0 fully saturated rings. The standard InChI is InChI=1S/C19H27F2N5.HI/c1-5-22-19(24-11-18-23-8-9-26(18)12-13(2)3)25-14(4)16-7-6-15(20)10-17(16)21;/h6-10,13-14H,5,11-12H2,1-4H3,(H2,22,24,25);1H. The van der Waals surface area contributed by atoms with Crippen molar-refractivity contribution in [3.8, 4) is 0 Å². The van der Waals surface area contributed by atoms with Crippen molar-refractivity contribution in [2.45, 2.75) is 46.8 Å². The molecular weight excluding hydrogens is 463 g/mol. The summed E-state index contributed by atoms with van der Waals surface area (Å²) in [4.78, 5) is 8.91. The van der Waals surface area contributed by atoms with E-state index in [9.17, 15) is 8.78 Å². The minimum atomic E-state index is -0.587. The van der Waals surface area contributed by atoms with Crippen molar-refractivity contribution >= 4 is 29.9 Å². The number of hydrogen-bond donors (Lipinski definition) is 2. The van der Waals surface area contributed by atoms with Crippen LogP contribution in [0.25, 0.3) is 0 Å². The summed E-state index contributed by atoms with van der Waals surface area (Å²) in [6.45, 7) is 10.0. The lowest BCUT2D eigenvalue weighted by molar-refractivity contribution is 0.507. The lowest BCUT2D eigenvalue weighted by atomic mass is 10.1. The van der Waals surface area contributed by atoms with Gasteiger partial charge in [-0.1, -0.05) is 19.9 Å². The summed E-state index contributed by atoms with van der Waals surface area (Å²) in [5, 5.41) is 6.30. The summed E-state index contributed by atoms with van der Waals surface area (Å²) in [7, 11) is 0. The second-order valence-electron chi connectivity index (χ2n) is 6.62. The molecular formula is C19H28F2IN5. The van der Waals surface area contributed by atoms with E-state index in [0.29, 0.717) is 30.5 Å². The fourth-order valence-electron chi connectivity index (χ4n) is 2.66. The fourth-order valence-corrected chi connectivity index (χ4v) is 2.66. The molecule has 1 atom stereocenters. The summed E-state index contributed by atoms with van der Waals surface area (Å²) >= 11 is 0. The van der Waals surface area contributed by atoms with Crippen molar-refractivity contribution in [2.75, 3.05) is 6.54 Å². The van der Waals surface area contributed by atoms with Crippen LogP contribution in [0.2, 0.25) is 0 Å². The van der Waals surface area contributed by atoms with E-state index in [-0.39, 0.29) is 30.0 Å².